The van der Waals surface area contributed by atoms with Gasteiger partial charge in [-0.15, -0.1) is 0 Å². The summed E-state index contributed by atoms with van der Waals surface area (Å²) in [4.78, 5) is 14.7. The zero-order chi connectivity index (χ0) is 28.8. The van der Waals surface area contributed by atoms with Crippen LogP contribution in [-0.2, 0) is 25.8 Å². The smallest absolute Gasteiger partial charge is 0.265 e. The monoisotopic (exact) mass is 574 g/mol. The van der Waals surface area contributed by atoms with Crippen molar-refractivity contribution in [2.45, 2.75) is 28.9 Å². The molecule has 1 saturated heterocycles. The second-order valence-electron chi connectivity index (χ2n) is 9.67. The maximum atomic E-state index is 13.6. The summed E-state index contributed by atoms with van der Waals surface area (Å²) < 4.78 is 63.3. The standard InChI is InChI=1S/C29H32F2N2O6S/c1-38-18-16-33-14-12-29(13-15-33,28(34)32-35)40(36,37)25-8-6-24(7-9-25)39-17-11-21-3-2-4-22(19-21)23-5-10-26(30)27(31)20-23/h2-10,19-20,35H,11-18H2,1H3,(H,32,34). The predicted molar refractivity (Wildman–Crippen MR) is 145 cm³/mol. The second kappa shape index (κ2) is 12.9. The van der Waals surface area contributed by atoms with Crippen molar-refractivity contribution in [2.24, 2.45) is 0 Å². The fourth-order valence-corrected chi connectivity index (χ4v) is 6.84. The van der Waals surface area contributed by atoms with Crippen LogP contribution in [0.4, 0.5) is 8.78 Å². The predicted octanol–water partition coefficient (Wildman–Crippen LogP) is 4.01. The molecule has 0 unspecified atom stereocenters. The molecule has 1 fully saturated rings. The summed E-state index contributed by atoms with van der Waals surface area (Å²) in [6.07, 6.45) is 0.595. The molecule has 8 nitrogen and oxygen atoms in total. The molecule has 0 aromatic heterocycles. The lowest BCUT2D eigenvalue weighted by Crippen LogP contribution is -2.57. The van der Waals surface area contributed by atoms with Crippen LogP contribution in [0.25, 0.3) is 11.1 Å². The van der Waals surface area contributed by atoms with E-state index in [0.29, 0.717) is 50.6 Å². The minimum Gasteiger partial charge on any atom is -0.493 e. The van der Waals surface area contributed by atoms with Gasteiger partial charge in [0, 0.05) is 33.2 Å². The summed E-state index contributed by atoms with van der Waals surface area (Å²) in [6, 6.07) is 17.0. The summed E-state index contributed by atoms with van der Waals surface area (Å²) in [5.41, 5.74) is 3.80. The number of hydrogen-bond donors (Lipinski definition) is 2. The Bertz CT molecular complexity index is 1420. The molecule has 4 rings (SSSR count). The molecule has 0 aliphatic carbocycles. The largest absolute Gasteiger partial charge is 0.493 e. The highest BCUT2D eigenvalue weighted by molar-refractivity contribution is 7.93. The van der Waals surface area contributed by atoms with Crippen LogP contribution in [0.5, 0.6) is 5.75 Å². The summed E-state index contributed by atoms with van der Waals surface area (Å²) in [6.45, 7) is 2.14. The molecule has 3 aromatic carbocycles. The molecule has 11 heteroatoms. The molecule has 0 saturated carbocycles. The van der Waals surface area contributed by atoms with Gasteiger partial charge in [-0.05, 0) is 65.9 Å². The Hall–Kier alpha value is -3.38. The Morgan fingerprint density at radius 2 is 1.68 bits per heavy atom. The van der Waals surface area contributed by atoms with E-state index in [1.54, 1.807) is 12.6 Å². The molecule has 0 atom stereocenters. The highest BCUT2D eigenvalue weighted by atomic mass is 32.2. The number of ether oxygens (including phenoxy) is 2. The van der Waals surface area contributed by atoms with E-state index in [0.717, 1.165) is 23.3 Å². The van der Waals surface area contributed by atoms with Gasteiger partial charge in [0.1, 0.15) is 5.75 Å². The van der Waals surface area contributed by atoms with Crippen LogP contribution in [0.2, 0.25) is 0 Å². The van der Waals surface area contributed by atoms with Crippen LogP contribution in [0.3, 0.4) is 0 Å². The van der Waals surface area contributed by atoms with Crippen LogP contribution in [0.1, 0.15) is 18.4 Å². The Morgan fingerprint density at radius 1 is 0.975 bits per heavy atom. The Kier molecular flexibility index (Phi) is 9.52. The quantitative estimate of drug-likeness (QED) is 0.263. The molecule has 1 amide bonds. The zero-order valence-electron chi connectivity index (χ0n) is 22.1. The van der Waals surface area contributed by atoms with Gasteiger partial charge in [-0.25, -0.2) is 22.7 Å². The molecule has 0 radical (unpaired) electrons. The topological polar surface area (TPSA) is 105 Å². The molecular weight excluding hydrogens is 542 g/mol. The van der Waals surface area contributed by atoms with Gasteiger partial charge >= 0.3 is 0 Å². The Morgan fingerprint density at radius 3 is 2.33 bits per heavy atom. The van der Waals surface area contributed by atoms with Gasteiger partial charge in [-0.3, -0.25) is 10.0 Å². The number of piperidine rings is 1. The van der Waals surface area contributed by atoms with Gasteiger partial charge in [-0.2, -0.15) is 0 Å². The van der Waals surface area contributed by atoms with Gasteiger partial charge in [0.25, 0.3) is 5.91 Å². The molecule has 0 bridgehead atoms. The fourth-order valence-electron chi connectivity index (χ4n) is 4.89. The summed E-state index contributed by atoms with van der Waals surface area (Å²) in [7, 11) is -2.55. The molecule has 214 valence electrons. The Labute approximate surface area is 232 Å². The van der Waals surface area contributed by atoms with E-state index in [4.69, 9.17) is 9.47 Å². The van der Waals surface area contributed by atoms with Gasteiger partial charge in [0.15, 0.2) is 26.2 Å². The minimum atomic E-state index is -4.13. The summed E-state index contributed by atoms with van der Waals surface area (Å²) >= 11 is 0. The van der Waals surface area contributed by atoms with Crippen molar-refractivity contribution in [3.63, 3.8) is 0 Å². The van der Waals surface area contributed by atoms with Crippen molar-refractivity contribution in [1.29, 1.82) is 0 Å². The first kappa shape index (κ1) is 29.6. The van der Waals surface area contributed by atoms with E-state index in [9.17, 15) is 27.2 Å². The number of carbonyl (C=O) groups excluding carboxylic acids is 1. The van der Waals surface area contributed by atoms with Gasteiger partial charge in [0.05, 0.1) is 18.1 Å². The number of nitrogens with one attached hydrogen (secondary N) is 1. The van der Waals surface area contributed by atoms with Crippen LogP contribution in [0, 0.1) is 11.6 Å². The first-order chi connectivity index (χ1) is 19.2. The number of carbonyl (C=O) groups is 1. The third-order valence-electron chi connectivity index (χ3n) is 7.28. The first-order valence-corrected chi connectivity index (χ1v) is 14.4. The first-order valence-electron chi connectivity index (χ1n) is 12.9. The number of likely N-dealkylation sites (tertiary alicyclic amines) is 1. The summed E-state index contributed by atoms with van der Waals surface area (Å²) in [5, 5.41) is 9.36. The number of rotatable bonds is 11. The van der Waals surface area contributed by atoms with E-state index in [1.165, 1.54) is 30.3 Å². The lowest BCUT2D eigenvalue weighted by molar-refractivity contribution is -0.133. The van der Waals surface area contributed by atoms with Crippen LogP contribution >= 0.6 is 0 Å². The molecule has 0 spiro atoms. The van der Waals surface area contributed by atoms with E-state index in [2.05, 4.69) is 0 Å². The highest BCUT2D eigenvalue weighted by Crippen LogP contribution is 2.36. The van der Waals surface area contributed by atoms with Gasteiger partial charge < -0.3 is 14.4 Å². The van der Waals surface area contributed by atoms with Crippen molar-refractivity contribution in [3.05, 3.63) is 83.9 Å². The third-order valence-corrected chi connectivity index (χ3v) is 9.79. The number of methoxy groups -OCH3 is 1. The molecule has 1 aliphatic heterocycles. The maximum Gasteiger partial charge on any atom is 0.265 e. The third kappa shape index (κ3) is 6.33. The lowest BCUT2D eigenvalue weighted by Gasteiger charge is -2.39. The number of sulfone groups is 1. The van der Waals surface area contributed by atoms with Crippen LogP contribution < -0.4 is 10.2 Å². The molecule has 40 heavy (non-hydrogen) atoms. The van der Waals surface area contributed by atoms with Crippen molar-refractivity contribution in [2.75, 3.05) is 40.0 Å². The van der Waals surface area contributed by atoms with Crippen LogP contribution in [-0.4, -0.2) is 69.1 Å². The van der Waals surface area contributed by atoms with Crippen molar-refractivity contribution in [3.8, 4) is 16.9 Å². The van der Waals surface area contributed by atoms with Gasteiger partial charge in [0.2, 0.25) is 0 Å². The number of nitrogens with zero attached hydrogens (tertiary/aromatic N) is 1. The van der Waals surface area contributed by atoms with Crippen molar-refractivity contribution >= 4 is 15.7 Å². The molecule has 2 N–H and O–H groups in total. The average Bonchev–Trinajstić information content (AvgIpc) is 2.97. The zero-order valence-corrected chi connectivity index (χ0v) is 22.9. The maximum absolute atomic E-state index is 13.6. The normalized spacial score (nSPS) is 15.5. The van der Waals surface area contributed by atoms with Gasteiger partial charge in [-0.1, -0.05) is 30.3 Å². The number of halogens is 2. The van der Waals surface area contributed by atoms with E-state index >= 15 is 0 Å². The lowest BCUT2D eigenvalue weighted by atomic mass is 9.95. The number of benzene rings is 3. The highest BCUT2D eigenvalue weighted by Gasteiger charge is 2.52. The van der Waals surface area contributed by atoms with Crippen molar-refractivity contribution in [1.82, 2.24) is 10.4 Å². The number of amides is 1. The minimum absolute atomic E-state index is 0.0342. The number of hydroxylamine groups is 1. The van der Waals surface area contributed by atoms with E-state index in [-0.39, 0.29) is 17.7 Å². The molecular formula is C29H32F2N2O6S. The summed E-state index contributed by atoms with van der Waals surface area (Å²) in [5.74, 6) is -2.30. The SMILES string of the molecule is COCCN1CCC(C(=O)NO)(S(=O)(=O)c2ccc(OCCc3cccc(-c4ccc(F)c(F)c4)c3)cc2)CC1. The Balaban J connectivity index is 1.41. The second-order valence-corrected chi connectivity index (χ2v) is 11.9. The van der Waals surface area contributed by atoms with Crippen molar-refractivity contribution < 1.29 is 36.7 Å². The fraction of sp³-hybridized carbons (Fsp3) is 0.345. The average molecular weight is 575 g/mol. The molecule has 1 heterocycles. The van der Waals surface area contributed by atoms with E-state index in [1.807, 2.05) is 29.2 Å². The number of hydrogen-bond acceptors (Lipinski definition) is 7. The molecule has 1 aliphatic rings. The molecule has 3 aromatic rings. The van der Waals surface area contributed by atoms with Crippen LogP contribution in [0.15, 0.2) is 71.6 Å². The van der Waals surface area contributed by atoms with E-state index < -0.39 is 32.1 Å².